The number of carboxylic acids is 1. The van der Waals surface area contributed by atoms with Crippen molar-refractivity contribution in [1.29, 1.82) is 0 Å². The normalized spacial score (nSPS) is 16.3. The predicted octanol–water partition coefficient (Wildman–Crippen LogP) is 1.91. The summed E-state index contributed by atoms with van der Waals surface area (Å²) in [5.74, 6) is -0.887. The Morgan fingerprint density at radius 2 is 2.22 bits per heavy atom. The van der Waals surface area contributed by atoms with E-state index in [1.807, 2.05) is 0 Å². The van der Waals surface area contributed by atoms with Crippen molar-refractivity contribution < 1.29 is 19.1 Å². The largest absolute Gasteiger partial charge is 0.481 e. The lowest BCUT2D eigenvalue weighted by atomic mass is 10.1. The Kier molecular flexibility index (Phi) is 3.41. The fourth-order valence-corrected chi connectivity index (χ4v) is 1.88. The summed E-state index contributed by atoms with van der Waals surface area (Å²) in [5.41, 5.74) is 0.497. The Labute approximate surface area is 105 Å². The van der Waals surface area contributed by atoms with Crippen LogP contribution in [-0.4, -0.2) is 34.5 Å². The average molecular weight is 251 g/mol. The number of nitrogens with zero attached hydrogens (tertiary/aromatic N) is 1. The quantitative estimate of drug-likeness (QED) is 0.867. The van der Waals surface area contributed by atoms with Crippen LogP contribution in [0.5, 0.6) is 0 Å². The van der Waals surface area contributed by atoms with Gasteiger partial charge in [-0.25, -0.2) is 0 Å². The maximum atomic E-state index is 12.3. The summed E-state index contributed by atoms with van der Waals surface area (Å²) < 4.78 is 5.12. The average Bonchev–Trinajstić information content (AvgIpc) is 3.07. The molecule has 1 aliphatic carbocycles. The zero-order valence-electron chi connectivity index (χ0n) is 10.5. The van der Waals surface area contributed by atoms with E-state index in [1.54, 1.807) is 24.8 Å². The van der Waals surface area contributed by atoms with Crippen molar-refractivity contribution in [2.45, 2.75) is 32.7 Å². The summed E-state index contributed by atoms with van der Waals surface area (Å²) in [5, 5.41) is 8.93. The van der Waals surface area contributed by atoms with Gasteiger partial charge in [0.1, 0.15) is 12.0 Å². The van der Waals surface area contributed by atoms with Gasteiger partial charge in [-0.3, -0.25) is 9.59 Å². The van der Waals surface area contributed by atoms with Crippen LogP contribution in [0.15, 0.2) is 16.7 Å². The summed E-state index contributed by atoms with van der Waals surface area (Å²) in [4.78, 5) is 24.8. The van der Waals surface area contributed by atoms with Crippen molar-refractivity contribution >= 4 is 11.9 Å². The molecule has 1 amide bonds. The minimum absolute atomic E-state index is 0.137. The molecular weight excluding hydrogens is 234 g/mol. The Morgan fingerprint density at radius 1 is 1.56 bits per heavy atom. The molecule has 1 saturated carbocycles. The van der Waals surface area contributed by atoms with Crippen LogP contribution < -0.4 is 0 Å². The number of rotatable bonds is 5. The Hall–Kier alpha value is -1.78. The standard InChI is InChI=1S/C13H17NO4/c1-8(13(16)17)6-14(11-3-4-11)12(15)10-5-9(2)18-7-10/h5,7-8,11H,3-4,6H2,1-2H3,(H,16,17). The highest BCUT2D eigenvalue weighted by Crippen LogP contribution is 2.29. The molecular formula is C13H17NO4. The molecule has 2 rings (SSSR count). The van der Waals surface area contributed by atoms with Gasteiger partial charge in [-0.05, 0) is 25.8 Å². The Bertz CT molecular complexity index is 461. The molecule has 1 unspecified atom stereocenters. The van der Waals surface area contributed by atoms with E-state index in [4.69, 9.17) is 9.52 Å². The second-order valence-electron chi connectivity index (χ2n) is 4.87. The lowest BCUT2D eigenvalue weighted by Crippen LogP contribution is -2.38. The molecule has 1 heterocycles. The number of hydrogen-bond donors (Lipinski definition) is 1. The number of hydrogen-bond acceptors (Lipinski definition) is 3. The fraction of sp³-hybridized carbons (Fsp3) is 0.538. The second-order valence-corrected chi connectivity index (χ2v) is 4.87. The van der Waals surface area contributed by atoms with Crippen molar-refractivity contribution in [1.82, 2.24) is 4.90 Å². The smallest absolute Gasteiger partial charge is 0.308 e. The van der Waals surface area contributed by atoms with E-state index in [1.165, 1.54) is 6.26 Å². The van der Waals surface area contributed by atoms with Crippen molar-refractivity contribution in [3.05, 3.63) is 23.7 Å². The molecule has 5 heteroatoms. The zero-order chi connectivity index (χ0) is 13.3. The minimum atomic E-state index is -0.878. The molecule has 1 aromatic rings. The first-order valence-electron chi connectivity index (χ1n) is 6.08. The first kappa shape index (κ1) is 12.7. The molecule has 0 aliphatic heterocycles. The summed E-state index contributed by atoms with van der Waals surface area (Å²) in [7, 11) is 0. The van der Waals surface area contributed by atoms with Crippen molar-refractivity contribution in [3.8, 4) is 0 Å². The lowest BCUT2D eigenvalue weighted by Gasteiger charge is -2.23. The van der Waals surface area contributed by atoms with Crippen LogP contribution in [-0.2, 0) is 4.79 Å². The molecule has 0 radical (unpaired) electrons. The SMILES string of the molecule is Cc1cc(C(=O)N(CC(C)C(=O)O)C2CC2)co1. The van der Waals surface area contributed by atoms with E-state index >= 15 is 0 Å². The van der Waals surface area contributed by atoms with Crippen molar-refractivity contribution in [2.24, 2.45) is 5.92 Å². The number of carbonyl (C=O) groups is 2. The molecule has 98 valence electrons. The molecule has 1 fully saturated rings. The van der Waals surface area contributed by atoms with Gasteiger partial charge in [0, 0.05) is 12.6 Å². The van der Waals surface area contributed by atoms with Gasteiger partial charge in [-0.2, -0.15) is 0 Å². The number of furan rings is 1. The summed E-state index contributed by atoms with van der Waals surface area (Å²) >= 11 is 0. The highest BCUT2D eigenvalue weighted by atomic mass is 16.4. The number of aliphatic carboxylic acids is 1. The minimum Gasteiger partial charge on any atom is -0.481 e. The molecule has 1 aliphatic rings. The molecule has 0 aromatic carbocycles. The third kappa shape index (κ3) is 2.72. The van der Waals surface area contributed by atoms with Crippen LogP contribution in [0.2, 0.25) is 0 Å². The third-order valence-corrected chi connectivity index (χ3v) is 3.12. The van der Waals surface area contributed by atoms with Gasteiger partial charge >= 0.3 is 5.97 Å². The molecule has 5 nitrogen and oxygen atoms in total. The molecule has 0 bridgehead atoms. The van der Waals surface area contributed by atoms with E-state index in [2.05, 4.69) is 0 Å². The number of carbonyl (C=O) groups excluding carboxylic acids is 1. The molecule has 1 atom stereocenters. The van der Waals surface area contributed by atoms with Crippen LogP contribution in [0.25, 0.3) is 0 Å². The topological polar surface area (TPSA) is 70.8 Å². The Balaban J connectivity index is 2.10. The highest BCUT2D eigenvalue weighted by Gasteiger charge is 2.35. The summed E-state index contributed by atoms with van der Waals surface area (Å²) in [6.07, 6.45) is 3.34. The first-order chi connectivity index (χ1) is 8.49. The summed E-state index contributed by atoms with van der Waals surface area (Å²) in [6.45, 7) is 3.65. The first-order valence-corrected chi connectivity index (χ1v) is 6.08. The Morgan fingerprint density at radius 3 is 2.67 bits per heavy atom. The van der Waals surface area contributed by atoms with Gasteiger partial charge in [0.2, 0.25) is 0 Å². The maximum absolute atomic E-state index is 12.3. The highest BCUT2D eigenvalue weighted by molar-refractivity contribution is 5.94. The zero-order valence-corrected chi connectivity index (χ0v) is 10.5. The third-order valence-electron chi connectivity index (χ3n) is 3.12. The predicted molar refractivity (Wildman–Crippen MR) is 64.3 cm³/mol. The van der Waals surface area contributed by atoms with Gasteiger partial charge in [0.25, 0.3) is 5.91 Å². The van der Waals surface area contributed by atoms with Gasteiger partial charge in [-0.15, -0.1) is 0 Å². The molecule has 1 N–H and O–H groups in total. The van der Waals surface area contributed by atoms with Gasteiger partial charge in [0.15, 0.2) is 0 Å². The van der Waals surface area contributed by atoms with Gasteiger partial charge < -0.3 is 14.4 Å². The van der Waals surface area contributed by atoms with E-state index in [-0.39, 0.29) is 18.5 Å². The van der Waals surface area contributed by atoms with Crippen molar-refractivity contribution in [3.63, 3.8) is 0 Å². The molecule has 0 spiro atoms. The summed E-state index contributed by atoms with van der Waals surface area (Å²) in [6, 6.07) is 1.87. The molecule has 18 heavy (non-hydrogen) atoms. The van der Waals surface area contributed by atoms with Crippen LogP contribution in [0.4, 0.5) is 0 Å². The lowest BCUT2D eigenvalue weighted by molar-refractivity contribution is -0.141. The van der Waals surface area contributed by atoms with E-state index in [0.29, 0.717) is 11.3 Å². The molecule has 0 saturated heterocycles. The van der Waals surface area contributed by atoms with Crippen LogP contribution in [0, 0.1) is 12.8 Å². The van der Waals surface area contributed by atoms with E-state index in [0.717, 1.165) is 12.8 Å². The maximum Gasteiger partial charge on any atom is 0.308 e. The number of aryl methyl sites for hydroxylation is 1. The van der Waals surface area contributed by atoms with Crippen LogP contribution >= 0.6 is 0 Å². The van der Waals surface area contributed by atoms with Crippen LogP contribution in [0.3, 0.4) is 0 Å². The monoisotopic (exact) mass is 251 g/mol. The van der Waals surface area contributed by atoms with Crippen LogP contribution in [0.1, 0.15) is 35.9 Å². The van der Waals surface area contributed by atoms with E-state index in [9.17, 15) is 9.59 Å². The number of amides is 1. The van der Waals surface area contributed by atoms with E-state index < -0.39 is 11.9 Å². The molecule has 1 aromatic heterocycles. The van der Waals surface area contributed by atoms with Gasteiger partial charge in [0.05, 0.1) is 11.5 Å². The van der Waals surface area contributed by atoms with Crippen molar-refractivity contribution in [2.75, 3.05) is 6.54 Å². The fourth-order valence-electron chi connectivity index (χ4n) is 1.88. The number of carboxylic acid groups (broad SMARTS) is 1. The second kappa shape index (κ2) is 4.84. The van der Waals surface area contributed by atoms with Gasteiger partial charge in [-0.1, -0.05) is 6.92 Å².